The molecule has 0 unspecified atom stereocenters. The van der Waals surface area contributed by atoms with Crippen molar-refractivity contribution in [1.82, 2.24) is 14.8 Å². The Morgan fingerprint density at radius 3 is 2.67 bits per heavy atom. The van der Waals surface area contributed by atoms with Crippen molar-refractivity contribution in [2.24, 2.45) is 0 Å². The van der Waals surface area contributed by atoms with Crippen LogP contribution in [0.25, 0.3) is 0 Å². The van der Waals surface area contributed by atoms with Gasteiger partial charge in [0.15, 0.2) is 5.69 Å². The summed E-state index contributed by atoms with van der Waals surface area (Å²) in [7, 11) is 0. The van der Waals surface area contributed by atoms with E-state index in [0.717, 1.165) is 10.9 Å². The topological polar surface area (TPSA) is 94.0 Å². The van der Waals surface area contributed by atoms with E-state index in [1.165, 1.54) is 19.2 Å². The molecule has 3 N–H and O–H groups in total. The van der Waals surface area contributed by atoms with Gasteiger partial charge in [-0.05, 0) is 18.6 Å². The monoisotopic (exact) mass is 300 g/mol. The highest BCUT2D eigenvalue weighted by atomic mass is 19.4. The fraction of sp³-hybridized carbons (Fsp3) is 0.250. The molecule has 0 amide bonds. The number of halogens is 3. The van der Waals surface area contributed by atoms with Crippen LogP contribution in [0.4, 0.5) is 18.9 Å². The highest BCUT2D eigenvalue weighted by Crippen LogP contribution is 2.34. The van der Waals surface area contributed by atoms with E-state index in [1.54, 1.807) is 0 Å². The van der Waals surface area contributed by atoms with E-state index in [1.807, 2.05) is 0 Å². The maximum Gasteiger partial charge on any atom is 0.437 e. The molecule has 2 aromatic rings. The van der Waals surface area contributed by atoms with Gasteiger partial charge < -0.3 is 10.8 Å². The number of pyridine rings is 1. The molecule has 0 atom stereocenters. The number of aromatic carboxylic acids is 1. The van der Waals surface area contributed by atoms with E-state index in [9.17, 15) is 18.0 Å². The number of alkyl halides is 3. The van der Waals surface area contributed by atoms with Gasteiger partial charge in [-0.25, -0.2) is 4.79 Å². The van der Waals surface area contributed by atoms with Gasteiger partial charge in [0.25, 0.3) is 0 Å². The van der Waals surface area contributed by atoms with Crippen LogP contribution in [0, 0.1) is 6.92 Å². The number of carboxylic acid groups (broad SMARTS) is 1. The van der Waals surface area contributed by atoms with Crippen molar-refractivity contribution in [2.45, 2.75) is 19.6 Å². The number of carboxylic acids is 1. The molecule has 6 nitrogen and oxygen atoms in total. The summed E-state index contributed by atoms with van der Waals surface area (Å²) in [6, 6.07) is 1.41. The van der Waals surface area contributed by atoms with Crippen LogP contribution in [0.2, 0.25) is 0 Å². The molecule has 0 saturated heterocycles. The van der Waals surface area contributed by atoms with Crippen LogP contribution in [-0.4, -0.2) is 25.8 Å². The third-order valence-electron chi connectivity index (χ3n) is 2.98. The average Bonchev–Trinajstić information content (AvgIpc) is 2.67. The lowest BCUT2D eigenvalue weighted by molar-refractivity contribution is -0.140. The molecule has 0 aromatic carbocycles. The fourth-order valence-electron chi connectivity index (χ4n) is 1.84. The van der Waals surface area contributed by atoms with Crippen LogP contribution in [0.3, 0.4) is 0 Å². The first-order valence-electron chi connectivity index (χ1n) is 5.78. The fourth-order valence-corrected chi connectivity index (χ4v) is 1.84. The summed E-state index contributed by atoms with van der Waals surface area (Å²) < 4.78 is 39.2. The van der Waals surface area contributed by atoms with Gasteiger partial charge in [0.2, 0.25) is 0 Å². The number of nitrogens with two attached hydrogens (primary N) is 1. The second-order valence-corrected chi connectivity index (χ2v) is 4.34. The predicted octanol–water partition coefficient (Wildman–Crippen LogP) is 1.93. The van der Waals surface area contributed by atoms with E-state index in [4.69, 9.17) is 10.8 Å². The Labute approximate surface area is 117 Å². The zero-order valence-corrected chi connectivity index (χ0v) is 10.8. The van der Waals surface area contributed by atoms with E-state index >= 15 is 0 Å². The van der Waals surface area contributed by atoms with Crippen molar-refractivity contribution >= 4 is 11.7 Å². The molecule has 0 spiro atoms. The standard InChI is InChI=1S/C12H11F3N4O2/c1-6-9(16)10(12(13,14)15)18-19(6)5-7-2-3-17-4-8(7)11(20)21/h2-4H,5,16H2,1H3,(H,20,21). The SMILES string of the molecule is Cc1c(N)c(C(F)(F)F)nn1Cc1ccncc1C(=O)O. The number of anilines is 1. The summed E-state index contributed by atoms with van der Waals surface area (Å²) in [4.78, 5) is 14.7. The van der Waals surface area contributed by atoms with Crippen molar-refractivity contribution in [1.29, 1.82) is 0 Å². The molecule has 0 fully saturated rings. The Bertz CT molecular complexity index is 694. The second kappa shape index (κ2) is 5.08. The van der Waals surface area contributed by atoms with E-state index < -0.39 is 23.5 Å². The Morgan fingerprint density at radius 2 is 2.14 bits per heavy atom. The Morgan fingerprint density at radius 1 is 1.48 bits per heavy atom. The van der Waals surface area contributed by atoms with Crippen LogP contribution in [0.15, 0.2) is 18.5 Å². The minimum absolute atomic E-state index is 0.0977. The van der Waals surface area contributed by atoms with Crippen LogP contribution < -0.4 is 5.73 Å². The number of hydrogen-bond acceptors (Lipinski definition) is 4. The quantitative estimate of drug-likeness (QED) is 0.903. The molecule has 0 saturated carbocycles. The molecule has 0 radical (unpaired) electrons. The lowest BCUT2D eigenvalue weighted by Gasteiger charge is -2.07. The highest BCUT2D eigenvalue weighted by molar-refractivity contribution is 5.88. The zero-order chi connectivity index (χ0) is 15.8. The van der Waals surface area contributed by atoms with E-state index in [2.05, 4.69) is 10.1 Å². The van der Waals surface area contributed by atoms with Crippen molar-refractivity contribution in [3.63, 3.8) is 0 Å². The normalized spacial score (nSPS) is 11.6. The first-order valence-corrected chi connectivity index (χ1v) is 5.78. The number of nitrogen functional groups attached to an aromatic ring is 1. The predicted molar refractivity (Wildman–Crippen MR) is 66.7 cm³/mol. The summed E-state index contributed by atoms with van der Waals surface area (Å²) in [5.41, 5.74) is 4.08. The summed E-state index contributed by atoms with van der Waals surface area (Å²) in [6.07, 6.45) is -2.17. The van der Waals surface area contributed by atoms with Gasteiger partial charge in [-0.3, -0.25) is 9.67 Å². The zero-order valence-electron chi connectivity index (χ0n) is 10.8. The number of carbonyl (C=O) groups is 1. The summed E-state index contributed by atoms with van der Waals surface area (Å²) in [6.45, 7) is 1.25. The average molecular weight is 300 g/mol. The molecule has 2 rings (SSSR count). The van der Waals surface area contributed by atoms with Gasteiger partial charge >= 0.3 is 12.1 Å². The van der Waals surface area contributed by atoms with Crippen molar-refractivity contribution in [2.75, 3.05) is 5.73 Å². The molecule has 0 aliphatic rings. The first-order chi connectivity index (χ1) is 9.71. The number of aromatic nitrogens is 3. The van der Waals surface area contributed by atoms with Gasteiger partial charge in [-0.15, -0.1) is 0 Å². The Kier molecular flexibility index (Phi) is 3.58. The van der Waals surface area contributed by atoms with Crippen LogP contribution in [0.1, 0.15) is 27.3 Å². The van der Waals surface area contributed by atoms with Crippen LogP contribution >= 0.6 is 0 Å². The van der Waals surface area contributed by atoms with E-state index in [-0.39, 0.29) is 23.4 Å². The summed E-state index contributed by atoms with van der Waals surface area (Å²) in [5, 5.41) is 12.5. The van der Waals surface area contributed by atoms with Gasteiger partial charge in [-0.2, -0.15) is 18.3 Å². The van der Waals surface area contributed by atoms with Crippen LogP contribution in [0.5, 0.6) is 0 Å². The molecule has 9 heteroatoms. The first kappa shape index (κ1) is 14.8. The third-order valence-corrected chi connectivity index (χ3v) is 2.98. The summed E-state index contributed by atoms with van der Waals surface area (Å²) in [5.74, 6) is -1.22. The summed E-state index contributed by atoms with van der Waals surface area (Å²) >= 11 is 0. The maximum atomic E-state index is 12.7. The third kappa shape index (κ3) is 2.81. The number of hydrogen-bond donors (Lipinski definition) is 2. The molecule has 0 bridgehead atoms. The van der Waals surface area contributed by atoms with Crippen molar-refractivity contribution < 1.29 is 23.1 Å². The largest absolute Gasteiger partial charge is 0.478 e. The number of nitrogens with zero attached hydrogens (tertiary/aromatic N) is 3. The van der Waals surface area contributed by atoms with E-state index in [0.29, 0.717) is 0 Å². The molecule has 112 valence electrons. The lowest BCUT2D eigenvalue weighted by Crippen LogP contribution is -2.12. The smallest absolute Gasteiger partial charge is 0.437 e. The molecule has 0 aliphatic heterocycles. The lowest BCUT2D eigenvalue weighted by atomic mass is 10.1. The molecular weight excluding hydrogens is 289 g/mol. The minimum atomic E-state index is -4.66. The van der Waals surface area contributed by atoms with Gasteiger partial charge in [0, 0.05) is 12.4 Å². The number of rotatable bonds is 3. The van der Waals surface area contributed by atoms with Gasteiger partial charge in [0.1, 0.15) is 0 Å². The van der Waals surface area contributed by atoms with Crippen molar-refractivity contribution in [3.8, 4) is 0 Å². The molecule has 2 aromatic heterocycles. The second-order valence-electron chi connectivity index (χ2n) is 4.34. The minimum Gasteiger partial charge on any atom is -0.478 e. The molecule has 2 heterocycles. The molecular formula is C12H11F3N4O2. The highest BCUT2D eigenvalue weighted by Gasteiger charge is 2.37. The van der Waals surface area contributed by atoms with Crippen LogP contribution in [-0.2, 0) is 12.7 Å². The molecule has 21 heavy (non-hydrogen) atoms. The maximum absolute atomic E-state index is 12.7. The Balaban J connectivity index is 2.44. The molecule has 0 aliphatic carbocycles. The Hall–Kier alpha value is -2.58. The van der Waals surface area contributed by atoms with Crippen molar-refractivity contribution in [3.05, 3.63) is 41.0 Å². The van der Waals surface area contributed by atoms with Gasteiger partial charge in [0.05, 0.1) is 23.5 Å². The van der Waals surface area contributed by atoms with Gasteiger partial charge in [-0.1, -0.05) is 0 Å².